The number of hydrogen-bond donors (Lipinski definition) is 3. The van der Waals surface area contributed by atoms with Gasteiger partial charge in [-0.2, -0.15) is 0 Å². The third-order valence-corrected chi connectivity index (χ3v) is 1.97. The Morgan fingerprint density at radius 3 is 2.45 bits per heavy atom. The molecule has 0 atom stereocenters. The van der Waals surface area contributed by atoms with E-state index in [0.717, 1.165) is 6.54 Å². The lowest BCUT2D eigenvalue weighted by atomic mass is 10.2. The van der Waals surface area contributed by atoms with Crippen LogP contribution in [0, 0.1) is 0 Å². The number of piperazine rings is 1. The first-order chi connectivity index (χ1) is 5.04. The van der Waals surface area contributed by atoms with E-state index < -0.39 is 5.91 Å². The van der Waals surface area contributed by atoms with E-state index in [0.29, 0.717) is 6.54 Å². The van der Waals surface area contributed by atoms with Crippen LogP contribution in [0.25, 0.3) is 0 Å². The van der Waals surface area contributed by atoms with Gasteiger partial charge in [-0.15, -0.1) is 0 Å². The lowest BCUT2D eigenvalue weighted by Gasteiger charge is -2.41. The summed E-state index contributed by atoms with van der Waals surface area (Å²) in [5.74, 6) is -1.66. The Hall–Kier alpha value is -0.160. The van der Waals surface area contributed by atoms with Crippen LogP contribution in [0.3, 0.4) is 0 Å². The molecular formula is C7H16N2O2. The molecule has 0 aromatic carbocycles. The SMILES string of the molecule is CC(C)N1CCNCC1(O)O. The summed E-state index contributed by atoms with van der Waals surface area (Å²) in [5.41, 5.74) is 0. The highest BCUT2D eigenvalue weighted by atomic mass is 16.5. The van der Waals surface area contributed by atoms with Crippen LogP contribution in [0.5, 0.6) is 0 Å². The Labute approximate surface area is 66.8 Å². The van der Waals surface area contributed by atoms with Gasteiger partial charge in [0.05, 0.1) is 6.54 Å². The van der Waals surface area contributed by atoms with Crippen molar-refractivity contribution in [3.8, 4) is 0 Å². The molecule has 0 amide bonds. The van der Waals surface area contributed by atoms with Gasteiger partial charge < -0.3 is 15.5 Å². The molecule has 0 radical (unpaired) electrons. The first-order valence-corrected chi connectivity index (χ1v) is 3.96. The Kier molecular flexibility index (Phi) is 2.49. The van der Waals surface area contributed by atoms with Crippen LogP contribution in [0.4, 0.5) is 0 Å². The average Bonchev–Trinajstić information content (AvgIpc) is 1.85. The van der Waals surface area contributed by atoms with Gasteiger partial charge in [-0.05, 0) is 13.8 Å². The molecule has 1 fully saturated rings. The monoisotopic (exact) mass is 160 g/mol. The van der Waals surface area contributed by atoms with Crippen molar-refractivity contribution in [3.63, 3.8) is 0 Å². The molecule has 11 heavy (non-hydrogen) atoms. The standard InChI is InChI=1S/C7H16N2O2/c1-6(2)9-4-3-8-5-7(9,10)11/h6,8,10-11H,3-5H2,1-2H3. The quantitative estimate of drug-likeness (QED) is 0.428. The molecule has 0 spiro atoms. The highest BCUT2D eigenvalue weighted by Gasteiger charge is 2.35. The Morgan fingerprint density at radius 2 is 2.09 bits per heavy atom. The van der Waals surface area contributed by atoms with Crippen molar-refractivity contribution < 1.29 is 10.2 Å². The maximum Gasteiger partial charge on any atom is 0.238 e. The van der Waals surface area contributed by atoms with Gasteiger partial charge in [0.2, 0.25) is 5.91 Å². The fourth-order valence-corrected chi connectivity index (χ4v) is 1.41. The second kappa shape index (κ2) is 3.06. The van der Waals surface area contributed by atoms with E-state index in [-0.39, 0.29) is 12.6 Å². The minimum absolute atomic E-state index is 0.173. The number of nitrogens with zero attached hydrogens (tertiary/aromatic N) is 1. The molecule has 4 heteroatoms. The summed E-state index contributed by atoms with van der Waals surface area (Å²) >= 11 is 0. The zero-order chi connectivity index (χ0) is 8.48. The van der Waals surface area contributed by atoms with Gasteiger partial charge in [-0.1, -0.05) is 0 Å². The zero-order valence-electron chi connectivity index (χ0n) is 7.04. The number of β-amino-alcohol motifs (C(OH)–C–C–N with tert-alkyl or cyclic N) is 2. The normalized spacial score (nSPS) is 25.9. The van der Waals surface area contributed by atoms with E-state index in [1.807, 2.05) is 13.8 Å². The van der Waals surface area contributed by atoms with Crippen molar-refractivity contribution in [2.24, 2.45) is 0 Å². The minimum atomic E-state index is -1.66. The fraction of sp³-hybridized carbons (Fsp3) is 1.00. The lowest BCUT2D eigenvalue weighted by molar-refractivity contribution is -0.277. The summed E-state index contributed by atoms with van der Waals surface area (Å²) in [5, 5.41) is 21.8. The molecule has 1 aliphatic heterocycles. The maximum absolute atomic E-state index is 9.42. The van der Waals surface area contributed by atoms with Crippen LogP contribution in [0.2, 0.25) is 0 Å². The van der Waals surface area contributed by atoms with Crippen LogP contribution < -0.4 is 5.32 Å². The molecule has 1 saturated heterocycles. The van der Waals surface area contributed by atoms with Crippen LogP contribution in [0.1, 0.15) is 13.8 Å². The lowest BCUT2D eigenvalue weighted by Crippen LogP contribution is -2.63. The number of nitrogens with one attached hydrogen (secondary N) is 1. The number of hydrogen-bond acceptors (Lipinski definition) is 4. The summed E-state index contributed by atoms with van der Waals surface area (Å²) in [7, 11) is 0. The largest absolute Gasteiger partial charge is 0.352 e. The number of aliphatic hydroxyl groups is 2. The number of rotatable bonds is 1. The topological polar surface area (TPSA) is 55.7 Å². The zero-order valence-corrected chi connectivity index (χ0v) is 7.04. The van der Waals surface area contributed by atoms with Crippen molar-refractivity contribution in [1.29, 1.82) is 0 Å². The van der Waals surface area contributed by atoms with Gasteiger partial charge in [0.15, 0.2) is 0 Å². The highest BCUT2D eigenvalue weighted by molar-refractivity contribution is 4.79. The Balaban J connectivity index is 2.60. The fourth-order valence-electron chi connectivity index (χ4n) is 1.41. The molecular weight excluding hydrogens is 144 g/mol. The van der Waals surface area contributed by atoms with E-state index in [1.165, 1.54) is 0 Å². The Morgan fingerprint density at radius 1 is 1.45 bits per heavy atom. The molecule has 1 heterocycles. The summed E-state index contributed by atoms with van der Waals surface area (Å²) in [6.45, 7) is 5.63. The van der Waals surface area contributed by atoms with Gasteiger partial charge in [0.25, 0.3) is 0 Å². The van der Waals surface area contributed by atoms with Crippen molar-refractivity contribution in [3.05, 3.63) is 0 Å². The van der Waals surface area contributed by atoms with Crippen molar-refractivity contribution >= 4 is 0 Å². The molecule has 0 saturated carbocycles. The predicted molar refractivity (Wildman–Crippen MR) is 41.9 cm³/mol. The van der Waals surface area contributed by atoms with Crippen LogP contribution in [0.15, 0.2) is 0 Å². The second-order valence-electron chi connectivity index (χ2n) is 3.24. The van der Waals surface area contributed by atoms with Gasteiger partial charge in [0, 0.05) is 19.1 Å². The molecule has 0 bridgehead atoms. The molecule has 66 valence electrons. The molecule has 1 aliphatic rings. The summed E-state index contributed by atoms with van der Waals surface area (Å²) < 4.78 is 0. The third kappa shape index (κ3) is 1.90. The molecule has 0 unspecified atom stereocenters. The van der Waals surface area contributed by atoms with Crippen LogP contribution >= 0.6 is 0 Å². The van der Waals surface area contributed by atoms with E-state index in [1.54, 1.807) is 4.90 Å². The maximum atomic E-state index is 9.42. The van der Waals surface area contributed by atoms with E-state index in [9.17, 15) is 10.2 Å². The Bertz CT molecular complexity index is 136. The van der Waals surface area contributed by atoms with E-state index in [2.05, 4.69) is 5.32 Å². The molecule has 0 aromatic heterocycles. The molecule has 0 aliphatic carbocycles. The third-order valence-electron chi connectivity index (χ3n) is 1.97. The van der Waals surface area contributed by atoms with Gasteiger partial charge in [-0.25, -0.2) is 4.90 Å². The minimum Gasteiger partial charge on any atom is -0.352 e. The average molecular weight is 160 g/mol. The first-order valence-electron chi connectivity index (χ1n) is 3.96. The molecule has 3 N–H and O–H groups in total. The van der Waals surface area contributed by atoms with E-state index >= 15 is 0 Å². The van der Waals surface area contributed by atoms with Gasteiger partial charge in [-0.3, -0.25) is 0 Å². The first kappa shape index (κ1) is 8.93. The van der Waals surface area contributed by atoms with Crippen molar-refractivity contribution in [2.75, 3.05) is 19.6 Å². The summed E-state index contributed by atoms with van der Waals surface area (Å²) in [4.78, 5) is 1.67. The summed E-state index contributed by atoms with van der Waals surface area (Å²) in [6, 6.07) is 0.173. The summed E-state index contributed by atoms with van der Waals surface area (Å²) in [6.07, 6.45) is 0. The second-order valence-corrected chi connectivity index (χ2v) is 3.24. The molecule has 0 aromatic rings. The van der Waals surface area contributed by atoms with Crippen molar-refractivity contribution in [2.45, 2.75) is 25.8 Å². The van der Waals surface area contributed by atoms with Crippen LogP contribution in [-0.4, -0.2) is 46.7 Å². The van der Waals surface area contributed by atoms with Crippen LogP contribution in [-0.2, 0) is 0 Å². The van der Waals surface area contributed by atoms with Gasteiger partial charge >= 0.3 is 0 Å². The van der Waals surface area contributed by atoms with E-state index in [4.69, 9.17) is 0 Å². The highest BCUT2D eigenvalue weighted by Crippen LogP contribution is 2.13. The predicted octanol–water partition coefficient (Wildman–Crippen LogP) is -1.06. The molecule has 4 nitrogen and oxygen atoms in total. The smallest absolute Gasteiger partial charge is 0.238 e. The molecule has 1 rings (SSSR count). The van der Waals surface area contributed by atoms with Gasteiger partial charge in [0.1, 0.15) is 0 Å². The van der Waals surface area contributed by atoms with Crippen molar-refractivity contribution in [1.82, 2.24) is 10.2 Å².